The molecule has 0 bridgehead atoms. The number of nitrogens with zero attached hydrogens (tertiary/aromatic N) is 1. The van der Waals surface area contributed by atoms with Crippen LogP contribution in [-0.4, -0.2) is 36.4 Å². The van der Waals surface area contributed by atoms with Gasteiger partial charge in [-0.3, -0.25) is 0 Å². The van der Waals surface area contributed by atoms with Crippen molar-refractivity contribution in [2.45, 2.75) is 36.2 Å². The summed E-state index contributed by atoms with van der Waals surface area (Å²) >= 11 is 1.94. The molecule has 1 unspecified atom stereocenters. The maximum absolute atomic E-state index is 6.17. The minimum Gasteiger partial charge on any atom is -0.488 e. The second-order valence-electron chi connectivity index (χ2n) is 6.81. The van der Waals surface area contributed by atoms with Gasteiger partial charge in [-0.15, -0.1) is 11.8 Å². The fourth-order valence-electron chi connectivity index (χ4n) is 3.75. The summed E-state index contributed by atoms with van der Waals surface area (Å²) in [5.41, 5.74) is 1.51. The molecule has 0 aliphatic carbocycles. The number of thioether (sulfide) groups is 1. The van der Waals surface area contributed by atoms with E-state index in [4.69, 9.17) is 4.74 Å². The van der Waals surface area contributed by atoms with Crippen LogP contribution in [0.25, 0.3) is 0 Å². The molecule has 2 aliphatic rings. The Morgan fingerprint density at radius 3 is 2.54 bits per heavy atom. The third kappa shape index (κ3) is 3.79. The average molecular weight is 340 g/mol. The van der Waals surface area contributed by atoms with Gasteiger partial charge in [0.25, 0.3) is 0 Å². The maximum atomic E-state index is 6.17. The van der Waals surface area contributed by atoms with Gasteiger partial charge in [-0.05, 0) is 56.0 Å². The first-order valence-electron chi connectivity index (χ1n) is 9.04. The van der Waals surface area contributed by atoms with Crippen molar-refractivity contribution < 1.29 is 4.74 Å². The first kappa shape index (κ1) is 16.0. The first-order chi connectivity index (χ1) is 11.9. The largest absolute Gasteiger partial charge is 0.488 e. The average Bonchev–Trinajstić information content (AvgIpc) is 2.67. The lowest BCUT2D eigenvalue weighted by Gasteiger charge is -2.33. The van der Waals surface area contributed by atoms with Crippen molar-refractivity contribution >= 4 is 11.8 Å². The molecule has 2 aromatic rings. The van der Waals surface area contributed by atoms with Gasteiger partial charge in [0.2, 0.25) is 0 Å². The van der Waals surface area contributed by atoms with Crippen LogP contribution in [0.2, 0.25) is 0 Å². The lowest BCUT2D eigenvalue weighted by molar-refractivity contribution is 0.155. The summed E-state index contributed by atoms with van der Waals surface area (Å²) in [6.07, 6.45) is 4.06. The number of hydrogen-bond acceptors (Lipinski definition) is 3. The molecule has 1 fully saturated rings. The summed E-state index contributed by atoms with van der Waals surface area (Å²) in [6, 6.07) is 19.4. The van der Waals surface area contributed by atoms with Gasteiger partial charge >= 0.3 is 0 Å². The zero-order valence-electron chi connectivity index (χ0n) is 14.1. The van der Waals surface area contributed by atoms with Crippen molar-refractivity contribution in [3.8, 4) is 5.75 Å². The van der Waals surface area contributed by atoms with Gasteiger partial charge < -0.3 is 9.64 Å². The van der Waals surface area contributed by atoms with Crippen molar-refractivity contribution in [2.24, 2.45) is 0 Å². The van der Waals surface area contributed by atoms with E-state index in [-0.39, 0.29) is 0 Å². The number of piperidine rings is 1. The number of para-hydroxylation sites is 1. The predicted octanol–water partition coefficient (Wildman–Crippen LogP) is 4.81. The van der Waals surface area contributed by atoms with E-state index < -0.39 is 0 Å². The highest BCUT2D eigenvalue weighted by Crippen LogP contribution is 2.36. The Morgan fingerprint density at radius 1 is 0.958 bits per heavy atom. The van der Waals surface area contributed by atoms with Gasteiger partial charge in [0.15, 0.2) is 0 Å². The molecular weight excluding hydrogens is 314 g/mol. The van der Waals surface area contributed by atoms with E-state index in [0.717, 1.165) is 30.4 Å². The molecular formula is C21H25NOS. The Bertz CT molecular complexity index is 652. The quantitative estimate of drug-likeness (QED) is 0.793. The van der Waals surface area contributed by atoms with Crippen LogP contribution in [0, 0.1) is 0 Å². The first-order valence-corrected chi connectivity index (χ1v) is 10.0. The van der Waals surface area contributed by atoms with Gasteiger partial charge in [-0.2, -0.15) is 0 Å². The van der Waals surface area contributed by atoms with Crippen LogP contribution >= 0.6 is 11.8 Å². The van der Waals surface area contributed by atoms with Crippen LogP contribution < -0.4 is 4.74 Å². The van der Waals surface area contributed by atoms with Crippen molar-refractivity contribution in [3.63, 3.8) is 0 Å². The smallest absolute Gasteiger partial charge is 0.133 e. The summed E-state index contributed by atoms with van der Waals surface area (Å²) < 4.78 is 6.17. The molecule has 0 radical (unpaired) electrons. The van der Waals surface area contributed by atoms with Crippen LogP contribution in [0.4, 0.5) is 0 Å². The molecule has 2 aromatic carbocycles. The molecule has 24 heavy (non-hydrogen) atoms. The highest BCUT2D eigenvalue weighted by molar-refractivity contribution is 7.99. The zero-order chi connectivity index (χ0) is 16.2. The monoisotopic (exact) mass is 339 g/mol. The Kier molecular flexibility index (Phi) is 5.10. The minimum absolute atomic E-state index is 0.358. The normalized spacial score (nSPS) is 21.9. The number of ether oxygens (including phenoxy) is 1. The topological polar surface area (TPSA) is 12.5 Å². The third-order valence-corrected chi connectivity index (χ3v) is 6.38. The van der Waals surface area contributed by atoms with Crippen molar-refractivity contribution in [3.05, 3.63) is 60.2 Å². The van der Waals surface area contributed by atoms with Gasteiger partial charge in [0.1, 0.15) is 11.9 Å². The second kappa shape index (κ2) is 7.62. The summed E-state index contributed by atoms with van der Waals surface area (Å²) in [6.45, 7) is 3.60. The number of fused-ring (bicyclic) bond motifs is 1. The number of benzene rings is 2. The van der Waals surface area contributed by atoms with E-state index in [2.05, 4.69) is 59.5 Å². The van der Waals surface area contributed by atoms with Gasteiger partial charge in [-0.25, -0.2) is 0 Å². The van der Waals surface area contributed by atoms with E-state index in [1.54, 1.807) is 0 Å². The Morgan fingerprint density at radius 2 is 1.71 bits per heavy atom. The van der Waals surface area contributed by atoms with E-state index in [9.17, 15) is 0 Å². The predicted molar refractivity (Wildman–Crippen MR) is 101 cm³/mol. The number of likely N-dealkylation sites (tertiary alicyclic amines) is 1. The minimum atomic E-state index is 0.358. The van der Waals surface area contributed by atoms with Gasteiger partial charge in [-0.1, -0.05) is 42.5 Å². The SMILES string of the molecule is c1ccc(C2CCN(CCC3CSc4ccccc4O3)CC2)cc1. The standard InChI is InChI=1S/C21H25NOS/c1-2-6-17(7-3-1)18-10-13-22(14-11-18)15-12-19-16-24-21-9-5-4-8-20(21)23-19/h1-9,18-19H,10-16H2. The molecule has 4 rings (SSSR count). The Balaban J connectivity index is 1.24. The van der Waals surface area contributed by atoms with E-state index >= 15 is 0 Å². The van der Waals surface area contributed by atoms with Crippen molar-refractivity contribution in [1.82, 2.24) is 4.90 Å². The van der Waals surface area contributed by atoms with Crippen LogP contribution in [0.3, 0.4) is 0 Å². The maximum Gasteiger partial charge on any atom is 0.133 e. The molecule has 1 saturated heterocycles. The molecule has 3 heteroatoms. The molecule has 126 valence electrons. The lowest BCUT2D eigenvalue weighted by atomic mass is 9.89. The molecule has 0 amide bonds. The van der Waals surface area contributed by atoms with Gasteiger partial charge in [0.05, 0.1) is 0 Å². The van der Waals surface area contributed by atoms with Crippen molar-refractivity contribution in [2.75, 3.05) is 25.4 Å². The number of rotatable bonds is 4. The zero-order valence-corrected chi connectivity index (χ0v) is 14.9. The van der Waals surface area contributed by atoms with E-state index in [0.29, 0.717) is 6.10 Å². The van der Waals surface area contributed by atoms with Crippen molar-refractivity contribution in [1.29, 1.82) is 0 Å². The van der Waals surface area contributed by atoms with E-state index in [1.807, 2.05) is 11.8 Å². The molecule has 0 saturated carbocycles. The summed E-state index contributed by atoms with van der Waals surface area (Å²) in [5, 5.41) is 0. The van der Waals surface area contributed by atoms with Crippen LogP contribution in [0.1, 0.15) is 30.7 Å². The fourth-order valence-corrected chi connectivity index (χ4v) is 4.78. The third-order valence-electron chi connectivity index (χ3n) is 5.19. The van der Waals surface area contributed by atoms with E-state index in [1.165, 1.54) is 36.4 Å². The molecule has 2 heterocycles. The van der Waals surface area contributed by atoms with Crippen LogP contribution in [0.15, 0.2) is 59.5 Å². The summed E-state index contributed by atoms with van der Waals surface area (Å²) in [5.74, 6) is 2.90. The summed E-state index contributed by atoms with van der Waals surface area (Å²) in [4.78, 5) is 3.91. The molecule has 0 aromatic heterocycles. The number of hydrogen-bond donors (Lipinski definition) is 0. The van der Waals surface area contributed by atoms with Crippen LogP contribution in [0.5, 0.6) is 5.75 Å². The highest BCUT2D eigenvalue weighted by Gasteiger charge is 2.23. The summed E-state index contributed by atoms with van der Waals surface area (Å²) in [7, 11) is 0. The molecule has 0 spiro atoms. The molecule has 2 aliphatic heterocycles. The Hall–Kier alpha value is -1.45. The molecule has 2 nitrogen and oxygen atoms in total. The lowest BCUT2D eigenvalue weighted by Crippen LogP contribution is -2.36. The highest BCUT2D eigenvalue weighted by atomic mass is 32.2. The van der Waals surface area contributed by atoms with Crippen LogP contribution in [-0.2, 0) is 0 Å². The fraction of sp³-hybridized carbons (Fsp3) is 0.429. The Labute approximate surface area is 149 Å². The molecule has 1 atom stereocenters. The van der Waals surface area contributed by atoms with Gasteiger partial charge in [0, 0.05) is 17.2 Å². The molecule has 0 N–H and O–H groups in total. The second-order valence-corrected chi connectivity index (χ2v) is 7.87.